The van der Waals surface area contributed by atoms with E-state index >= 15 is 0 Å². The lowest BCUT2D eigenvalue weighted by Gasteiger charge is -2.48. The molecule has 2 aromatic rings. The smallest absolute Gasteiger partial charge is 0.115 e. The largest absolute Gasteiger partial charge is 0.508 e. The van der Waals surface area contributed by atoms with E-state index in [0.717, 1.165) is 45.0 Å². The van der Waals surface area contributed by atoms with Crippen LogP contribution in [0.4, 0.5) is 11.4 Å². The number of hydrogen-bond acceptors (Lipinski definition) is 6. The van der Waals surface area contributed by atoms with Crippen molar-refractivity contribution >= 4 is 11.4 Å². The minimum absolute atomic E-state index is 0.344. The molecule has 3 N–H and O–H groups in total. The molecule has 2 saturated heterocycles. The summed E-state index contributed by atoms with van der Waals surface area (Å²) in [6.07, 6.45) is 5.43. The van der Waals surface area contributed by atoms with Crippen LogP contribution in [-0.2, 0) is 6.54 Å². The van der Waals surface area contributed by atoms with Gasteiger partial charge in [0.25, 0.3) is 0 Å². The predicted octanol–water partition coefficient (Wildman–Crippen LogP) is 4.97. The summed E-state index contributed by atoms with van der Waals surface area (Å²) in [5.74, 6) is 0.344. The molecule has 2 aliphatic rings. The minimum Gasteiger partial charge on any atom is -0.508 e. The Morgan fingerprint density at radius 2 is 1.61 bits per heavy atom. The molecular formula is C30H47N5O. The molecule has 0 aromatic heterocycles. The number of phenolic OH excluding ortho intramolecular Hbond substituents is 1. The van der Waals surface area contributed by atoms with Gasteiger partial charge < -0.3 is 20.6 Å². The first-order valence-corrected chi connectivity index (χ1v) is 13.5. The maximum absolute atomic E-state index is 9.52. The summed E-state index contributed by atoms with van der Waals surface area (Å²) < 4.78 is 0. The lowest BCUT2D eigenvalue weighted by Crippen LogP contribution is -2.58. The normalized spacial score (nSPS) is 19.5. The highest BCUT2D eigenvalue weighted by molar-refractivity contribution is 5.66. The minimum atomic E-state index is 0.344. The van der Waals surface area contributed by atoms with E-state index in [-0.39, 0.29) is 0 Å². The molecule has 36 heavy (non-hydrogen) atoms. The van der Waals surface area contributed by atoms with Gasteiger partial charge in [-0.15, -0.1) is 0 Å². The van der Waals surface area contributed by atoms with Crippen LogP contribution in [0.2, 0.25) is 0 Å². The van der Waals surface area contributed by atoms with Crippen molar-refractivity contribution in [3.8, 4) is 5.75 Å². The zero-order chi connectivity index (χ0) is 26.1. The number of piperazine rings is 1. The number of benzene rings is 2. The second-order valence-corrected chi connectivity index (χ2v) is 10.2. The third-order valence-corrected chi connectivity index (χ3v) is 7.44. The van der Waals surface area contributed by atoms with E-state index in [9.17, 15) is 5.11 Å². The molecule has 6 heteroatoms. The van der Waals surface area contributed by atoms with E-state index < -0.39 is 0 Å². The topological polar surface area (TPSA) is 54.0 Å². The number of rotatable bonds is 7. The van der Waals surface area contributed by atoms with Crippen molar-refractivity contribution in [2.75, 3.05) is 57.0 Å². The molecule has 2 aliphatic heterocycles. The van der Waals surface area contributed by atoms with E-state index in [1.165, 1.54) is 41.6 Å². The van der Waals surface area contributed by atoms with Gasteiger partial charge in [-0.25, -0.2) is 0 Å². The number of piperidine rings is 1. The summed E-state index contributed by atoms with van der Waals surface area (Å²) in [4.78, 5) is 7.99. The fourth-order valence-corrected chi connectivity index (χ4v) is 5.84. The molecule has 0 spiro atoms. The standard InChI is InChI=1S/C28H40N4O.C2H7N/c1-5-25-20-31(28-21(3)17-24(29-6-2)18-22(28)4)15-16-32(25)26-11-13-30(14-12-26)19-23-7-9-27(33)10-8-23;1-3-2/h6-10,17-18,25-26,29,33H,2,5,11-16,19-20H2,1,3-4H3;3H,1-2H3. The Kier molecular flexibility index (Phi) is 10.7. The molecule has 0 saturated carbocycles. The number of aromatic hydroxyl groups is 1. The van der Waals surface area contributed by atoms with Crippen LogP contribution in [0.5, 0.6) is 5.75 Å². The average molecular weight is 494 g/mol. The maximum atomic E-state index is 9.52. The van der Waals surface area contributed by atoms with Gasteiger partial charge in [-0.1, -0.05) is 25.6 Å². The van der Waals surface area contributed by atoms with Gasteiger partial charge in [0.2, 0.25) is 0 Å². The highest BCUT2D eigenvalue weighted by Gasteiger charge is 2.33. The van der Waals surface area contributed by atoms with Crippen molar-refractivity contribution in [3.63, 3.8) is 0 Å². The van der Waals surface area contributed by atoms with Crippen LogP contribution in [0.25, 0.3) is 0 Å². The van der Waals surface area contributed by atoms with Gasteiger partial charge in [-0.2, -0.15) is 0 Å². The summed E-state index contributed by atoms with van der Waals surface area (Å²) in [6, 6.07) is 13.4. The second kappa shape index (κ2) is 13.7. The summed E-state index contributed by atoms with van der Waals surface area (Å²) in [7, 11) is 3.75. The third-order valence-electron chi connectivity index (χ3n) is 7.44. The van der Waals surface area contributed by atoms with E-state index in [2.05, 4.69) is 64.8 Å². The molecule has 2 aromatic carbocycles. The SMILES string of the molecule is C=CNc1cc(C)c(N2CCN(C3CCN(Cc4ccc(O)cc4)CC3)C(CC)C2)c(C)c1.CNC. The Balaban J connectivity index is 0.00000115. The first kappa shape index (κ1) is 28.0. The van der Waals surface area contributed by atoms with Gasteiger partial charge in [0.15, 0.2) is 0 Å². The number of aryl methyl sites for hydroxylation is 2. The van der Waals surface area contributed by atoms with E-state index in [0.29, 0.717) is 17.8 Å². The average Bonchev–Trinajstić information content (AvgIpc) is 2.86. The predicted molar refractivity (Wildman–Crippen MR) is 154 cm³/mol. The summed E-state index contributed by atoms with van der Waals surface area (Å²) in [5, 5.41) is 15.5. The van der Waals surface area contributed by atoms with E-state index in [4.69, 9.17) is 0 Å². The summed E-state index contributed by atoms with van der Waals surface area (Å²) in [6.45, 7) is 17.2. The number of hydrogen-bond donors (Lipinski definition) is 3. The molecule has 2 heterocycles. The van der Waals surface area contributed by atoms with Crippen molar-refractivity contribution in [1.29, 1.82) is 0 Å². The molecule has 6 nitrogen and oxygen atoms in total. The van der Waals surface area contributed by atoms with Crippen molar-refractivity contribution < 1.29 is 5.11 Å². The van der Waals surface area contributed by atoms with Crippen LogP contribution in [0.15, 0.2) is 49.2 Å². The molecular weight excluding hydrogens is 446 g/mol. The number of anilines is 2. The molecule has 1 atom stereocenters. The Hall–Kier alpha value is -2.54. The fraction of sp³-hybridized carbons (Fsp3) is 0.533. The quantitative estimate of drug-likeness (QED) is 0.507. The van der Waals surface area contributed by atoms with Crippen LogP contribution >= 0.6 is 0 Å². The monoisotopic (exact) mass is 493 g/mol. The number of likely N-dealkylation sites (tertiary alicyclic amines) is 1. The summed E-state index contributed by atoms with van der Waals surface area (Å²) in [5.41, 5.74) is 6.49. The molecule has 1 unspecified atom stereocenters. The third kappa shape index (κ3) is 7.25. The van der Waals surface area contributed by atoms with Crippen LogP contribution in [0, 0.1) is 13.8 Å². The molecule has 0 bridgehead atoms. The Bertz CT molecular complexity index is 929. The van der Waals surface area contributed by atoms with Crippen molar-refractivity contribution in [3.05, 3.63) is 65.9 Å². The summed E-state index contributed by atoms with van der Waals surface area (Å²) >= 11 is 0. The second-order valence-electron chi connectivity index (χ2n) is 10.2. The van der Waals surface area contributed by atoms with Gasteiger partial charge >= 0.3 is 0 Å². The molecule has 4 rings (SSSR count). The zero-order valence-corrected chi connectivity index (χ0v) is 23.1. The number of phenols is 1. The molecule has 198 valence electrons. The van der Waals surface area contributed by atoms with E-state index in [1.807, 2.05) is 26.2 Å². The first-order valence-electron chi connectivity index (χ1n) is 13.5. The Morgan fingerprint density at radius 1 is 1.00 bits per heavy atom. The van der Waals surface area contributed by atoms with Crippen molar-refractivity contribution in [2.24, 2.45) is 0 Å². The van der Waals surface area contributed by atoms with Crippen molar-refractivity contribution in [1.82, 2.24) is 15.1 Å². The molecule has 0 amide bonds. The van der Waals surface area contributed by atoms with Crippen LogP contribution in [0.3, 0.4) is 0 Å². The molecule has 2 fully saturated rings. The number of nitrogens with one attached hydrogen (secondary N) is 2. The highest BCUT2D eigenvalue weighted by Crippen LogP contribution is 2.32. The highest BCUT2D eigenvalue weighted by atomic mass is 16.3. The van der Waals surface area contributed by atoms with Gasteiger partial charge in [0.1, 0.15) is 5.75 Å². The van der Waals surface area contributed by atoms with Gasteiger partial charge in [0, 0.05) is 49.6 Å². The maximum Gasteiger partial charge on any atom is 0.115 e. The first-order chi connectivity index (χ1) is 17.4. The zero-order valence-electron chi connectivity index (χ0n) is 23.1. The lowest BCUT2D eigenvalue weighted by molar-refractivity contribution is 0.0611. The van der Waals surface area contributed by atoms with Crippen LogP contribution < -0.4 is 15.5 Å². The van der Waals surface area contributed by atoms with E-state index in [1.54, 1.807) is 18.3 Å². The molecule has 0 aliphatic carbocycles. The Morgan fingerprint density at radius 3 is 2.17 bits per heavy atom. The lowest BCUT2D eigenvalue weighted by atomic mass is 9.96. The Labute approximate surface area is 219 Å². The fourth-order valence-electron chi connectivity index (χ4n) is 5.84. The molecule has 0 radical (unpaired) electrons. The number of nitrogens with zero attached hydrogens (tertiary/aromatic N) is 3. The van der Waals surface area contributed by atoms with Gasteiger partial charge in [-0.3, -0.25) is 9.80 Å². The van der Waals surface area contributed by atoms with Crippen LogP contribution in [-0.4, -0.2) is 73.8 Å². The van der Waals surface area contributed by atoms with Gasteiger partial charge in [-0.05, 0) is 107 Å². The van der Waals surface area contributed by atoms with Crippen LogP contribution in [0.1, 0.15) is 42.9 Å². The van der Waals surface area contributed by atoms with Crippen molar-refractivity contribution in [2.45, 2.75) is 58.7 Å². The van der Waals surface area contributed by atoms with Gasteiger partial charge in [0.05, 0.1) is 0 Å².